The van der Waals surface area contributed by atoms with Crippen molar-refractivity contribution in [1.29, 1.82) is 0 Å². The number of nitrogens with zero attached hydrogens (tertiary/aromatic N) is 3. The third-order valence-electron chi connectivity index (χ3n) is 4.88. The van der Waals surface area contributed by atoms with Gasteiger partial charge in [0.25, 0.3) is 0 Å². The largest absolute Gasteiger partial charge is 0.497 e. The lowest BCUT2D eigenvalue weighted by Gasteiger charge is -2.34. The molecule has 4 rings (SSSR count). The molecule has 28 heavy (non-hydrogen) atoms. The van der Waals surface area contributed by atoms with E-state index in [0.717, 1.165) is 60.5 Å². The molecule has 0 N–H and O–H groups in total. The van der Waals surface area contributed by atoms with Crippen LogP contribution in [-0.2, 0) is 17.8 Å². The maximum atomic E-state index is 12.6. The van der Waals surface area contributed by atoms with Gasteiger partial charge in [0, 0.05) is 38.1 Å². The molecule has 0 saturated carbocycles. The molecule has 1 aromatic carbocycles. The van der Waals surface area contributed by atoms with Gasteiger partial charge in [-0.25, -0.2) is 4.98 Å². The summed E-state index contributed by atoms with van der Waals surface area (Å²) in [4.78, 5) is 21.6. The summed E-state index contributed by atoms with van der Waals surface area (Å²) < 4.78 is 10.6. The minimum absolute atomic E-state index is 0.168. The highest BCUT2D eigenvalue weighted by atomic mass is 32.1. The van der Waals surface area contributed by atoms with E-state index >= 15 is 0 Å². The number of furan rings is 1. The third kappa shape index (κ3) is 4.43. The number of hydrogen-bond donors (Lipinski definition) is 0. The van der Waals surface area contributed by atoms with Crippen LogP contribution in [-0.4, -0.2) is 54.0 Å². The Labute approximate surface area is 168 Å². The van der Waals surface area contributed by atoms with Crippen molar-refractivity contribution < 1.29 is 13.9 Å². The van der Waals surface area contributed by atoms with E-state index in [-0.39, 0.29) is 5.91 Å². The van der Waals surface area contributed by atoms with E-state index in [9.17, 15) is 4.79 Å². The van der Waals surface area contributed by atoms with Crippen LogP contribution in [0.5, 0.6) is 5.75 Å². The van der Waals surface area contributed by atoms with Gasteiger partial charge in [0.15, 0.2) is 10.8 Å². The summed E-state index contributed by atoms with van der Waals surface area (Å²) in [6.45, 7) is 4.01. The molecular formula is C21H23N3O3S. The van der Waals surface area contributed by atoms with Crippen LogP contribution in [0.3, 0.4) is 0 Å². The van der Waals surface area contributed by atoms with Crippen LogP contribution in [0, 0.1) is 0 Å². The quantitative estimate of drug-likeness (QED) is 0.639. The number of thiazole rings is 1. The van der Waals surface area contributed by atoms with Crippen molar-refractivity contribution in [2.24, 2.45) is 0 Å². The molecule has 2 aromatic heterocycles. The lowest BCUT2D eigenvalue weighted by Crippen LogP contribution is -2.48. The molecule has 1 aliphatic rings. The number of piperazine rings is 1. The Bertz CT molecular complexity index is 915. The first-order chi connectivity index (χ1) is 13.7. The van der Waals surface area contributed by atoms with Crippen molar-refractivity contribution in [2.75, 3.05) is 33.3 Å². The van der Waals surface area contributed by atoms with Gasteiger partial charge in [0.1, 0.15) is 5.75 Å². The van der Waals surface area contributed by atoms with Crippen molar-refractivity contribution in [3.63, 3.8) is 0 Å². The molecule has 0 unspecified atom stereocenters. The molecule has 7 heteroatoms. The van der Waals surface area contributed by atoms with Crippen molar-refractivity contribution in [2.45, 2.75) is 13.0 Å². The molecule has 0 aliphatic carbocycles. The van der Waals surface area contributed by atoms with Gasteiger partial charge in [-0.15, -0.1) is 11.3 Å². The first-order valence-corrected chi connectivity index (χ1v) is 10.2. The van der Waals surface area contributed by atoms with Crippen molar-refractivity contribution in [3.05, 3.63) is 59.3 Å². The molecule has 0 bridgehead atoms. The topological polar surface area (TPSA) is 58.8 Å². The van der Waals surface area contributed by atoms with Gasteiger partial charge in [-0.1, -0.05) is 12.1 Å². The Kier molecular flexibility index (Phi) is 5.73. The molecule has 1 amide bonds. The van der Waals surface area contributed by atoms with Crippen LogP contribution in [0.2, 0.25) is 0 Å². The first-order valence-electron chi connectivity index (χ1n) is 9.32. The monoisotopic (exact) mass is 397 g/mol. The van der Waals surface area contributed by atoms with E-state index in [1.165, 1.54) is 0 Å². The van der Waals surface area contributed by atoms with Crippen molar-refractivity contribution >= 4 is 17.2 Å². The van der Waals surface area contributed by atoms with Crippen molar-refractivity contribution in [1.82, 2.24) is 14.8 Å². The summed E-state index contributed by atoms with van der Waals surface area (Å²) >= 11 is 1.60. The smallest absolute Gasteiger partial charge is 0.227 e. The zero-order valence-electron chi connectivity index (χ0n) is 15.8. The third-order valence-corrected chi connectivity index (χ3v) is 5.79. The number of hydrogen-bond acceptors (Lipinski definition) is 6. The molecule has 0 spiro atoms. The molecule has 3 heterocycles. The zero-order valence-corrected chi connectivity index (χ0v) is 16.7. The van der Waals surface area contributed by atoms with E-state index in [0.29, 0.717) is 6.42 Å². The van der Waals surface area contributed by atoms with Gasteiger partial charge in [-0.2, -0.15) is 0 Å². The zero-order chi connectivity index (χ0) is 19.3. The summed E-state index contributed by atoms with van der Waals surface area (Å²) in [5, 5.41) is 2.99. The Hall–Kier alpha value is -2.64. The fourth-order valence-corrected chi connectivity index (χ4v) is 4.12. The minimum Gasteiger partial charge on any atom is -0.497 e. The summed E-state index contributed by atoms with van der Waals surface area (Å²) in [7, 11) is 1.64. The Morgan fingerprint density at radius 3 is 2.82 bits per heavy atom. The maximum absolute atomic E-state index is 12.6. The van der Waals surface area contributed by atoms with E-state index in [1.807, 2.05) is 41.3 Å². The van der Waals surface area contributed by atoms with E-state index in [2.05, 4.69) is 15.3 Å². The van der Waals surface area contributed by atoms with Crippen LogP contribution in [0.15, 0.2) is 52.5 Å². The number of rotatable bonds is 6. The standard InChI is InChI=1S/C21H23N3O3S/c1-26-18-5-2-4-16(12-18)13-20(25)24-9-7-23(8-10-24)14-17-15-28-21(22-17)19-6-3-11-27-19/h2-6,11-12,15H,7-10,13-14H2,1H3. The fourth-order valence-electron chi connectivity index (χ4n) is 3.35. The lowest BCUT2D eigenvalue weighted by atomic mass is 10.1. The number of benzene rings is 1. The predicted molar refractivity (Wildman–Crippen MR) is 108 cm³/mol. The van der Waals surface area contributed by atoms with Gasteiger partial charge in [-0.3, -0.25) is 9.69 Å². The molecule has 1 aliphatic heterocycles. The van der Waals surface area contributed by atoms with Crippen LogP contribution in [0.1, 0.15) is 11.3 Å². The highest BCUT2D eigenvalue weighted by Crippen LogP contribution is 2.24. The molecule has 6 nitrogen and oxygen atoms in total. The molecule has 1 saturated heterocycles. The maximum Gasteiger partial charge on any atom is 0.227 e. The summed E-state index contributed by atoms with van der Waals surface area (Å²) in [6.07, 6.45) is 2.08. The Morgan fingerprint density at radius 1 is 1.21 bits per heavy atom. The fraction of sp³-hybridized carbons (Fsp3) is 0.333. The number of amides is 1. The van der Waals surface area contributed by atoms with Gasteiger partial charge in [-0.05, 0) is 29.8 Å². The highest BCUT2D eigenvalue weighted by molar-refractivity contribution is 7.13. The average Bonchev–Trinajstić information content (AvgIpc) is 3.40. The van der Waals surface area contributed by atoms with Crippen molar-refractivity contribution in [3.8, 4) is 16.5 Å². The summed E-state index contributed by atoms with van der Waals surface area (Å²) in [5.74, 6) is 1.76. The number of carbonyl (C=O) groups is 1. The van der Waals surface area contributed by atoms with Crippen LogP contribution >= 0.6 is 11.3 Å². The second kappa shape index (κ2) is 8.58. The number of methoxy groups -OCH3 is 1. The highest BCUT2D eigenvalue weighted by Gasteiger charge is 2.22. The van der Waals surface area contributed by atoms with E-state index < -0.39 is 0 Å². The SMILES string of the molecule is COc1cccc(CC(=O)N2CCN(Cc3csc(-c4ccco4)n3)CC2)c1. The van der Waals surface area contributed by atoms with E-state index in [1.54, 1.807) is 24.7 Å². The van der Waals surface area contributed by atoms with Gasteiger partial charge in [0.2, 0.25) is 5.91 Å². The Balaban J connectivity index is 1.28. The van der Waals surface area contributed by atoms with Crippen LogP contribution in [0.4, 0.5) is 0 Å². The van der Waals surface area contributed by atoms with Gasteiger partial charge >= 0.3 is 0 Å². The minimum atomic E-state index is 0.168. The van der Waals surface area contributed by atoms with E-state index in [4.69, 9.17) is 9.15 Å². The van der Waals surface area contributed by atoms with Crippen LogP contribution in [0.25, 0.3) is 10.8 Å². The molecule has 0 atom stereocenters. The lowest BCUT2D eigenvalue weighted by molar-refractivity contribution is -0.132. The van der Waals surface area contributed by atoms with Gasteiger partial charge in [0.05, 0.1) is 25.5 Å². The van der Waals surface area contributed by atoms with Crippen LogP contribution < -0.4 is 4.74 Å². The second-order valence-electron chi connectivity index (χ2n) is 6.81. The van der Waals surface area contributed by atoms with Gasteiger partial charge < -0.3 is 14.1 Å². The average molecular weight is 398 g/mol. The first kappa shape index (κ1) is 18.7. The second-order valence-corrected chi connectivity index (χ2v) is 7.66. The molecule has 146 valence electrons. The summed E-state index contributed by atoms with van der Waals surface area (Å²) in [6, 6.07) is 11.5. The number of aromatic nitrogens is 1. The number of ether oxygens (including phenoxy) is 1. The predicted octanol–water partition coefficient (Wildman–Crippen LogP) is 3.30. The Morgan fingerprint density at radius 2 is 2.07 bits per heavy atom. The summed E-state index contributed by atoms with van der Waals surface area (Å²) in [5.41, 5.74) is 2.03. The molecule has 0 radical (unpaired) electrons. The molecule has 3 aromatic rings. The normalized spacial score (nSPS) is 15.0. The molecular weight excluding hydrogens is 374 g/mol. The number of carbonyl (C=O) groups excluding carboxylic acids is 1. The molecule has 1 fully saturated rings.